The van der Waals surface area contributed by atoms with Gasteiger partial charge in [-0.25, -0.2) is 0 Å². The molecule has 104 valence electrons. The quantitative estimate of drug-likeness (QED) is 0.851. The number of carbonyl (C=O) groups is 1. The molecule has 20 heavy (non-hydrogen) atoms. The molecule has 0 radical (unpaired) electrons. The van der Waals surface area contributed by atoms with E-state index in [1.807, 2.05) is 86.7 Å². The van der Waals surface area contributed by atoms with E-state index in [4.69, 9.17) is 0 Å². The molecule has 1 amide bonds. The minimum Gasteiger partial charge on any atom is -0.314 e. The number of rotatable bonds is 4. The number of amides is 1. The lowest BCUT2D eigenvalue weighted by Crippen LogP contribution is -2.38. The third kappa shape index (κ3) is 3.06. The summed E-state index contributed by atoms with van der Waals surface area (Å²) in [7, 11) is 5.67. The second-order valence-corrected chi connectivity index (χ2v) is 5.01. The van der Waals surface area contributed by atoms with Crippen LogP contribution in [0.1, 0.15) is 11.6 Å². The van der Waals surface area contributed by atoms with Crippen LogP contribution < -0.4 is 4.90 Å². The van der Waals surface area contributed by atoms with E-state index < -0.39 is 0 Å². The van der Waals surface area contributed by atoms with Crippen LogP contribution in [0.4, 0.5) is 5.69 Å². The molecule has 0 aromatic heterocycles. The van der Waals surface area contributed by atoms with Gasteiger partial charge in [-0.05, 0) is 31.8 Å². The zero-order chi connectivity index (χ0) is 14.5. The van der Waals surface area contributed by atoms with Crippen LogP contribution in [0.5, 0.6) is 0 Å². The number of nitrogens with zero attached hydrogens (tertiary/aromatic N) is 2. The number of anilines is 1. The fourth-order valence-electron chi connectivity index (χ4n) is 2.26. The Labute approximate surface area is 120 Å². The molecule has 1 unspecified atom stereocenters. The number of para-hydroxylation sites is 1. The van der Waals surface area contributed by atoms with Gasteiger partial charge in [0.2, 0.25) is 5.91 Å². The topological polar surface area (TPSA) is 23.6 Å². The normalized spacial score (nSPS) is 12.2. The fourth-order valence-corrected chi connectivity index (χ4v) is 2.26. The van der Waals surface area contributed by atoms with E-state index in [9.17, 15) is 4.79 Å². The summed E-state index contributed by atoms with van der Waals surface area (Å²) in [6, 6.07) is 19.3. The van der Waals surface area contributed by atoms with Crippen molar-refractivity contribution in [2.45, 2.75) is 6.04 Å². The smallest absolute Gasteiger partial charge is 0.248 e. The van der Waals surface area contributed by atoms with Crippen molar-refractivity contribution < 1.29 is 4.79 Å². The van der Waals surface area contributed by atoms with Crippen molar-refractivity contribution in [2.24, 2.45) is 0 Å². The highest BCUT2D eigenvalue weighted by Crippen LogP contribution is 2.23. The van der Waals surface area contributed by atoms with Crippen LogP contribution in [-0.4, -0.2) is 32.0 Å². The van der Waals surface area contributed by atoms with Gasteiger partial charge in [0.1, 0.15) is 6.04 Å². The number of benzene rings is 2. The maximum atomic E-state index is 12.8. The summed E-state index contributed by atoms with van der Waals surface area (Å²) in [6.07, 6.45) is 0. The highest BCUT2D eigenvalue weighted by atomic mass is 16.2. The first-order chi connectivity index (χ1) is 9.61. The number of likely N-dealkylation sites (N-methyl/N-ethyl adjacent to an activating group) is 2. The summed E-state index contributed by atoms with van der Waals surface area (Å²) in [6.45, 7) is 0. The van der Waals surface area contributed by atoms with E-state index in [-0.39, 0.29) is 11.9 Å². The van der Waals surface area contributed by atoms with E-state index >= 15 is 0 Å². The molecule has 0 N–H and O–H groups in total. The van der Waals surface area contributed by atoms with Crippen molar-refractivity contribution in [3.8, 4) is 0 Å². The standard InChI is InChI=1S/C17H20N2O/c1-18(2)16(14-10-6-4-7-11-14)17(20)19(3)15-12-8-5-9-13-15/h4-13,16H,1-3H3. The SMILES string of the molecule is CN(C(=O)C(c1ccccc1)N(C)C)c1ccccc1. The van der Waals surface area contributed by atoms with E-state index in [1.165, 1.54) is 0 Å². The molecule has 0 bridgehead atoms. The minimum absolute atomic E-state index is 0.0624. The maximum Gasteiger partial charge on any atom is 0.248 e. The molecule has 2 aromatic rings. The summed E-state index contributed by atoms with van der Waals surface area (Å²) < 4.78 is 0. The zero-order valence-electron chi connectivity index (χ0n) is 12.2. The average molecular weight is 268 g/mol. The molecule has 2 rings (SSSR count). The van der Waals surface area contributed by atoms with Gasteiger partial charge in [0, 0.05) is 12.7 Å². The first kappa shape index (κ1) is 14.3. The predicted octanol–water partition coefficient (Wildman–Crippen LogP) is 2.95. The van der Waals surface area contributed by atoms with Crippen molar-refractivity contribution in [3.63, 3.8) is 0 Å². The van der Waals surface area contributed by atoms with Crippen LogP contribution >= 0.6 is 0 Å². The molecule has 0 fully saturated rings. The molecule has 0 saturated heterocycles. The van der Waals surface area contributed by atoms with Gasteiger partial charge in [0.25, 0.3) is 0 Å². The van der Waals surface area contributed by atoms with Crippen molar-refractivity contribution in [1.29, 1.82) is 0 Å². The Kier molecular flexibility index (Phi) is 4.53. The summed E-state index contributed by atoms with van der Waals surface area (Å²) in [5.41, 5.74) is 1.91. The van der Waals surface area contributed by atoms with Crippen molar-refractivity contribution in [3.05, 3.63) is 66.2 Å². The monoisotopic (exact) mass is 268 g/mol. The van der Waals surface area contributed by atoms with Gasteiger partial charge in [0.05, 0.1) is 0 Å². The van der Waals surface area contributed by atoms with Crippen LogP contribution in [-0.2, 0) is 4.79 Å². The zero-order valence-corrected chi connectivity index (χ0v) is 12.2. The van der Waals surface area contributed by atoms with Gasteiger partial charge in [-0.2, -0.15) is 0 Å². The summed E-state index contributed by atoms with van der Waals surface area (Å²) in [5, 5.41) is 0. The number of carbonyl (C=O) groups excluding carboxylic acids is 1. The average Bonchev–Trinajstić information content (AvgIpc) is 2.48. The first-order valence-corrected chi connectivity index (χ1v) is 6.65. The Morgan fingerprint density at radius 3 is 1.85 bits per heavy atom. The largest absolute Gasteiger partial charge is 0.314 e. The van der Waals surface area contributed by atoms with Gasteiger partial charge in [-0.15, -0.1) is 0 Å². The summed E-state index contributed by atoms with van der Waals surface area (Å²) in [4.78, 5) is 16.4. The molecule has 0 heterocycles. The molecule has 0 saturated carbocycles. The molecule has 3 heteroatoms. The molecule has 0 aliphatic heterocycles. The second kappa shape index (κ2) is 6.35. The first-order valence-electron chi connectivity index (χ1n) is 6.65. The van der Waals surface area contributed by atoms with Crippen LogP contribution in [0.2, 0.25) is 0 Å². The summed E-state index contributed by atoms with van der Waals surface area (Å²) >= 11 is 0. The fraction of sp³-hybridized carbons (Fsp3) is 0.235. The highest BCUT2D eigenvalue weighted by Gasteiger charge is 2.26. The van der Waals surface area contributed by atoms with Crippen LogP contribution in [0.3, 0.4) is 0 Å². The van der Waals surface area contributed by atoms with Gasteiger partial charge >= 0.3 is 0 Å². The molecule has 1 atom stereocenters. The Balaban J connectivity index is 2.29. The predicted molar refractivity (Wildman–Crippen MR) is 82.7 cm³/mol. The van der Waals surface area contributed by atoms with E-state index in [0.717, 1.165) is 11.3 Å². The van der Waals surface area contributed by atoms with Crippen molar-refractivity contribution in [2.75, 3.05) is 26.0 Å². The van der Waals surface area contributed by atoms with Crippen LogP contribution in [0.25, 0.3) is 0 Å². The second-order valence-electron chi connectivity index (χ2n) is 5.01. The Bertz CT molecular complexity index is 552. The Morgan fingerprint density at radius 1 is 0.850 bits per heavy atom. The lowest BCUT2D eigenvalue weighted by molar-refractivity contribution is -0.122. The minimum atomic E-state index is -0.276. The molecular weight excluding hydrogens is 248 g/mol. The van der Waals surface area contributed by atoms with Gasteiger partial charge in [0.15, 0.2) is 0 Å². The number of hydrogen-bond acceptors (Lipinski definition) is 2. The Hall–Kier alpha value is -2.13. The lowest BCUT2D eigenvalue weighted by atomic mass is 10.0. The highest BCUT2D eigenvalue weighted by molar-refractivity contribution is 5.97. The third-order valence-electron chi connectivity index (χ3n) is 3.34. The molecule has 0 aliphatic rings. The molecule has 0 aliphatic carbocycles. The third-order valence-corrected chi connectivity index (χ3v) is 3.34. The molecule has 2 aromatic carbocycles. The number of hydrogen-bond donors (Lipinski definition) is 0. The van der Waals surface area contributed by atoms with E-state index in [0.29, 0.717) is 0 Å². The lowest BCUT2D eigenvalue weighted by Gasteiger charge is -2.28. The van der Waals surface area contributed by atoms with Crippen LogP contribution in [0, 0.1) is 0 Å². The van der Waals surface area contributed by atoms with E-state index in [2.05, 4.69) is 0 Å². The molecule has 3 nitrogen and oxygen atoms in total. The van der Waals surface area contributed by atoms with Crippen molar-refractivity contribution in [1.82, 2.24) is 4.90 Å². The van der Waals surface area contributed by atoms with Crippen molar-refractivity contribution >= 4 is 11.6 Å². The van der Waals surface area contributed by atoms with E-state index in [1.54, 1.807) is 4.90 Å². The summed E-state index contributed by atoms with van der Waals surface area (Å²) in [5.74, 6) is 0.0624. The van der Waals surface area contributed by atoms with Gasteiger partial charge in [-0.3, -0.25) is 9.69 Å². The maximum absolute atomic E-state index is 12.8. The Morgan fingerprint density at radius 2 is 1.35 bits per heavy atom. The molecular formula is C17H20N2O. The van der Waals surface area contributed by atoms with Gasteiger partial charge in [-0.1, -0.05) is 48.5 Å². The van der Waals surface area contributed by atoms with Gasteiger partial charge < -0.3 is 4.90 Å². The van der Waals surface area contributed by atoms with Crippen LogP contribution in [0.15, 0.2) is 60.7 Å². The molecule has 0 spiro atoms.